The summed E-state index contributed by atoms with van der Waals surface area (Å²) >= 11 is 6.12. The molecule has 5 rings (SSSR count). The van der Waals surface area contributed by atoms with Crippen molar-refractivity contribution in [3.8, 4) is 0 Å². The van der Waals surface area contributed by atoms with Gasteiger partial charge in [-0.1, -0.05) is 17.7 Å². The molecule has 0 aliphatic heterocycles. The lowest BCUT2D eigenvalue weighted by molar-refractivity contribution is 0.0945. The minimum Gasteiger partial charge on any atom is -0.360 e. The first kappa shape index (κ1) is 21.0. The van der Waals surface area contributed by atoms with Gasteiger partial charge >= 0.3 is 0 Å². The number of carbonyl (C=O) groups is 1. The van der Waals surface area contributed by atoms with E-state index in [1.54, 1.807) is 18.5 Å². The van der Waals surface area contributed by atoms with Crippen LogP contribution in [0.15, 0.2) is 61.2 Å². The second-order valence-electron chi connectivity index (χ2n) is 7.92. The molecule has 164 valence electrons. The van der Waals surface area contributed by atoms with E-state index in [-0.39, 0.29) is 12.2 Å². The van der Waals surface area contributed by atoms with Crippen molar-refractivity contribution in [1.29, 1.82) is 0 Å². The van der Waals surface area contributed by atoms with Crippen LogP contribution in [0.2, 0.25) is 5.02 Å². The smallest absolute Gasteiger partial charge is 0.271 e. The van der Waals surface area contributed by atoms with Crippen molar-refractivity contribution in [3.63, 3.8) is 0 Å². The van der Waals surface area contributed by atoms with Gasteiger partial charge in [0, 0.05) is 53.4 Å². The third-order valence-electron chi connectivity index (χ3n) is 5.42. The van der Waals surface area contributed by atoms with Gasteiger partial charge in [0.15, 0.2) is 0 Å². The van der Waals surface area contributed by atoms with Crippen molar-refractivity contribution in [1.82, 2.24) is 25.3 Å². The molecule has 3 heterocycles. The molecule has 0 saturated heterocycles. The number of carbonyl (C=O) groups excluding carboxylic acids is 1. The molecule has 3 aromatic heterocycles. The van der Waals surface area contributed by atoms with E-state index in [1.807, 2.05) is 25.3 Å². The van der Waals surface area contributed by atoms with Crippen LogP contribution in [0.1, 0.15) is 32.9 Å². The fourth-order valence-corrected chi connectivity index (χ4v) is 3.98. The Morgan fingerprint density at radius 2 is 2.03 bits per heavy atom. The molecule has 0 fully saturated rings. The van der Waals surface area contributed by atoms with E-state index >= 15 is 0 Å². The zero-order valence-corrected chi connectivity index (χ0v) is 18.4. The zero-order chi connectivity index (χ0) is 22.9. The minimum absolute atomic E-state index is 0.00501. The first-order chi connectivity index (χ1) is 16.0. The summed E-state index contributed by atoms with van der Waals surface area (Å²) in [6.07, 6.45) is 7.00. The summed E-state index contributed by atoms with van der Waals surface area (Å²) in [5.74, 6) is -0.857. The van der Waals surface area contributed by atoms with Crippen LogP contribution in [0.25, 0.3) is 21.8 Å². The average molecular weight is 460 g/mol. The van der Waals surface area contributed by atoms with Crippen LogP contribution in [0.5, 0.6) is 0 Å². The third kappa shape index (κ3) is 4.40. The first-order valence-electron chi connectivity index (χ1n) is 10.4. The van der Waals surface area contributed by atoms with Crippen molar-refractivity contribution in [2.24, 2.45) is 0 Å². The molecule has 0 atom stereocenters. The Kier molecular flexibility index (Phi) is 5.48. The molecule has 0 bridgehead atoms. The predicted octanol–water partition coefficient (Wildman–Crippen LogP) is 5.13. The number of pyridine rings is 1. The van der Waals surface area contributed by atoms with Crippen molar-refractivity contribution < 1.29 is 9.18 Å². The Morgan fingerprint density at radius 3 is 2.91 bits per heavy atom. The molecule has 1 amide bonds. The van der Waals surface area contributed by atoms with E-state index in [2.05, 4.69) is 37.4 Å². The van der Waals surface area contributed by atoms with Crippen molar-refractivity contribution in [2.45, 2.75) is 19.9 Å². The SMILES string of the molecule is Cc1cnc2ccc(Cc3cncc(C(=O)NCc4cc5c(Cl)c[nH]c5cc4F)n3)cc2c1. The lowest BCUT2D eigenvalue weighted by atomic mass is 10.1. The van der Waals surface area contributed by atoms with Gasteiger partial charge in [-0.05, 0) is 48.4 Å². The van der Waals surface area contributed by atoms with Crippen LogP contribution < -0.4 is 5.32 Å². The summed E-state index contributed by atoms with van der Waals surface area (Å²) in [7, 11) is 0. The first-order valence-corrected chi connectivity index (χ1v) is 10.7. The van der Waals surface area contributed by atoms with Crippen molar-refractivity contribution >= 4 is 39.3 Å². The number of nitrogens with one attached hydrogen (secondary N) is 2. The number of benzene rings is 2. The Morgan fingerprint density at radius 1 is 1.15 bits per heavy atom. The zero-order valence-electron chi connectivity index (χ0n) is 17.7. The molecule has 0 unspecified atom stereocenters. The maximum Gasteiger partial charge on any atom is 0.271 e. The number of aryl methyl sites for hydroxylation is 1. The second kappa shape index (κ2) is 8.60. The largest absolute Gasteiger partial charge is 0.360 e. The molecule has 2 N–H and O–H groups in total. The monoisotopic (exact) mass is 459 g/mol. The van der Waals surface area contributed by atoms with E-state index in [1.165, 1.54) is 12.3 Å². The lowest BCUT2D eigenvalue weighted by Crippen LogP contribution is -2.24. The Bertz CT molecular complexity index is 1510. The number of nitrogens with zero attached hydrogens (tertiary/aromatic N) is 3. The standard InChI is InChI=1S/C25H19ClFN5O/c1-14-4-16-5-15(2-3-22(16)29-9-14)6-18-11-28-13-24(32-18)25(33)31-10-17-7-19-20(26)12-30-23(19)8-21(17)27/h2-5,7-9,11-13,30H,6,10H2,1H3,(H,31,33). The van der Waals surface area contributed by atoms with Gasteiger partial charge in [0.05, 0.1) is 22.4 Å². The van der Waals surface area contributed by atoms with Gasteiger partial charge in [-0.15, -0.1) is 0 Å². The minimum atomic E-state index is -0.429. The predicted molar refractivity (Wildman–Crippen MR) is 126 cm³/mol. The molecule has 0 saturated carbocycles. The normalized spacial score (nSPS) is 11.2. The summed E-state index contributed by atoms with van der Waals surface area (Å²) in [5, 5.41) is 4.96. The summed E-state index contributed by atoms with van der Waals surface area (Å²) in [4.78, 5) is 28.6. The van der Waals surface area contributed by atoms with Crippen molar-refractivity contribution in [2.75, 3.05) is 0 Å². The van der Waals surface area contributed by atoms with Gasteiger partial charge in [0.1, 0.15) is 11.5 Å². The number of hydrogen-bond donors (Lipinski definition) is 2. The number of rotatable bonds is 5. The van der Waals surface area contributed by atoms with Crippen molar-refractivity contribution in [3.05, 3.63) is 100 Å². The van der Waals surface area contributed by atoms with Crippen LogP contribution in [0.4, 0.5) is 4.39 Å². The van der Waals surface area contributed by atoms with Crippen LogP contribution in [-0.2, 0) is 13.0 Å². The molecule has 0 aliphatic carbocycles. The molecule has 33 heavy (non-hydrogen) atoms. The van der Waals surface area contributed by atoms with Gasteiger partial charge in [-0.3, -0.25) is 14.8 Å². The van der Waals surface area contributed by atoms with Gasteiger partial charge < -0.3 is 10.3 Å². The van der Waals surface area contributed by atoms with Gasteiger partial charge in [0.2, 0.25) is 0 Å². The van der Waals surface area contributed by atoms with E-state index in [4.69, 9.17) is 11.6 Å². The molecular formula is C25H19ClFN5O. The molecule has 0 radical (unpaired) electrons. The van der Waals surface area contributed by atoms with Gasteiger partial charge in [-0.25, -0.2) is 9.37 Å². The highest BCUT2D eigenvalue weighted by Gasteiger charge is 2.13. The molecule has 0 spiro atoms. The van der Waals surface area contributed by atoms with E-state index in [0.29, 0.717) is 33.6 Å². The number of aromatic nitrogens is 4. The number of amides is 1. The summed E-state index contributed by atoms with van der Waals surface area (Å²) < 4.78 is 14.4. The highest BCUT2D eigenvalue weighted by Crippen LogP contribution is 2.25. The Labute approximate surface area is 193 Å². The molecule has 5 aromatic rings. The molecule has 0 aliphatic rings. The number of H-pyrrole nitrogens is 1. The summed E-state index contributed by atoms with van der Waals surface area (Å²) in [6.45, 7) is 2.01. The van der Waals surface area contributed by atoms with E-state index < -0.39 is 11.7 Å². The third-order valence-corrected chi connectivity index (χ3v) is 5.74. The average Bonchev–Trinajstić information content (AvgIpc) is 3.16. The Hall–Kier alpha value is -3.84. The number of aromatic amines is 1. The van der Waals surface area contributed by atoms with Gasteiger partial charge in [-0.2, -0.15) is 0 Å². The molecule has 2 aromatic carbocycles. The van der Waals surface area contributed by atoms with Crippen LogP contribution >= 0.6 is 11.6 Å². The fourth-order valence-electron chi connectivity index (χ4n) is 3.77. The van der Waals surface area contributed by atoms with Crippen LogP contribution in [0, 0.1) is 12.7 Å². The summed E-state index contributed by atoms with van der Waals surface area (Å²) in [5.41, 5.74) is 4.83. The highest BCUT2D eigenvalue weighted by atomic mass is 35.5. The van der Waals surface area contributed by atoms with E-state index in [9.17, 15) is 9.18 Å². The molecule has 6 nitrogen and oxygen atoms in total. The number of fused-ring (bicyclic) bond motifs is 2. The topological polar surface area (TPSA) is 83.6 Å². The quantitative estimate of drug-likeness (QED) is 0.381. The number of halogens is 2. The maximum absolute atomic E-state index is 14.4. The summed E-state index contributed by atoms with van der Waals surface area (Å²) in [6, 6.07) is 11.1. The van der Waals surface area contributed by atoms with Crippen LogP contribution in [0.3, 0.4) is 0 Å². The Balaban J connectivity index is 1.31. The number of hydrogen-bond acceptors (Lipinski definition) is 4. The maximum atomic E-state index is 14.4. The van der Waals surface area contributed by atoms with E-state index in [0.717, 1.165) is 22.0 Å². The highest BCUT2D eigenvalue weighted by molar-refractivity contribution is 6.35. The molecular weight excluding hydrogens is 441 g/mol. The molecule has 8 heteroatoms. The van der Waals surface area contributed by atoms with Crippen LogP contribution in [-0.4, -0.2) is 25.8 Å². The second-order valence-corrected chi connectivity index (χ2v) is 8.33. The fraction of sp³-hybridized carbons (Fsp3) is 0.120. The lowest BCUT2D eigenvalue weighted by Gasteiger charge is -2.08. The van der Waals surface area contributed by atoms with Gasteiger partial charge in [0.25, 0.3) is 5.91 Å².